The lowest BCUT2D eigenvalue weighted by Crippen LogP contribution is -2.47. The highest BCUT2D eigenvalue weighted by Crippen LogP contribution is 2.36. The molecule has 2 aromatic carbocycles. The van der Waals surface area contributed by atoms with Crippen LogP contribution < -0.4 is 9.64 Å². The van der Waals surface area contributed by atoms with Gasteiger partial charge in [-0.05, 0) is 37.1 Å². The van der Waals surface area contributed by atoms with Gasteiger partial charge in [0.05, 0.1) is 16.9 Å². The summed E-state index contributed by atoms with van der Waals surface area (Å²) in [7, 11) is 0. The molecular formula is C28H30N6O3. The standard InChI is InChI=1S/C28H30N6O3/c1-3-25-31-26(28(35)36)24-17-37-27-19(6-4-9-23(27)34(24)25)10-11-32-12-14-33(15-13-32)22-8-5-7-21-20(22)16-29-18(2)30-21/h4-9,16H,3,10-15,17H2,1-2H3,(H,35,36). The van der Waals surface area contributed by atoms with Gasteiger partial charge in [-0.25, -0.2) is 19.7 Å². The summed E-state index contributed by atoms with van der Waals surface area (Å²) in [4.78, 5) is 30.0. The van der Waals surface area contributed by atoms with Crippen LogP contribution in [0.4, 0.5) is 5.69 Å². The number of nitrogens with zero attached hydrogens (tertiary/aromatic N) is 6. The molecule has 190 valence electrons. The molecule has 0 spiro atoms. The number of para-hydroxylation sites is 1. The zero-order valence-corrected chi connectivity index (χ0v) is 21.1. The quantitative estimate of drug-likeness (QED) is 0.430. The number of carboxylic acid groups (broad SMARTS) is 1. The summed E-state index contributed by atoms with van der Waals surface area (Å²) >= 11 is 0. The molecule has 2 aliphatic rings. The molecule has 0 unspecified atom stereocenters. The van der Waals surface area contributed by atoms with Crippen LogP contribution in [0.25, 0.3) is 16.6 Å². The molecule has 2 aromatic heterocycles. The molecule has 6 rings (SSSR count). The van der Waals surface area contributed by atoms with Crippen LogP contribution >= 0.6 is 0 Å². The largest absolute Gasteiger partial charge is 0.485 e. The van der Waals surface area contributed by atoms with Crippen molar-refractivity contribution in [3.63, 3.8) is 0 Å². The van der Waals surface area contributed by atoms with Gasteiger partial charge in [0.1, 0.15) is 24.0 Å². The predicted molar refractivity (Wildman–Crippen MR) is 141 cm³/mol. The van der Waals surface area contributed by atoms with Crippen LogP contribution in [0.2, 0.25) is 0 Å². The third-order valence-corrected chi connectivity index (χ3v) is 7.36. The van der Waals surface area contributed by atoms with Crippen LogP contribution in [0.1, 0.15) is 40.3 Å². The number of aromatic nitrogens is 4. The number of imidazole rings is 1. The summed E-state index contributed by atoms with van der Waals surface area (Å²) in [6, 6.07) is 12.4. The molecule has 0 amide bonds. The van der Waals surface area contributed by atoms with Crippen molar-refractivity contribution in [3.05, 3.63) is 71.2 Å². The minimum atomic E-state index is -1.02. The minimum Gasteiger partial charge on any atom is -0.485 e. The second-order valence-electron chi connectivity index (χ2n) is 9.58. The van der Waals surface area contributed by atoms with E-state index in [1.54, 1.807) is 0 Å². The fraction of sp³-hybridized carbons (Fsp3) is 0.357. The Balaban J connectivity index is 1.16. The van der Waals surface area contributed by atoms with E-state index in [4.69, 9.17) is 4.74 Å². The van der Waals surface area contributed by atoms with Gasteiger partial charge in [0.2, 0.25) is 0 Å². The van der Waals surface area contributed by atoms with Gasteiger partial charge in [0.15, 0.2) is 5.69 Å². The molecule has 1 N–H and O–H groups in total. The number of rotatable bonds is 6. The van der Waals surface area contributed by atoms with Gasteiger partial charge >= 0.3 is 5.97 Å². The Bertz CT molecular complexity index is 1490. The Labute approximate surface area is 215 Å². The highest BCUT2D eigenvalue weighted by atomic mass is 16.5. The average molecular weight is 499 g/mol. The number of aromatic carboxylic acids is 1. The number of piperazine rings is 1. The van der Waals surface area contributed by atoms with E-state index in [9.17, 15) is 9.90 Å². The van der Waals surface area contributed by atoms with Crippen molar-refractivity contribution < 1.29 is 14.6 Å². The minimum absolute atomic E-state index is 0.0821. The highest BCUT2D eigenvalue weighted by molar-refractivity contribution is 5.91. The molecular weight excluding hydrogens is 468 g/mol. The van der Waals surface area contributed by atoms with Crippen LogP contribution in [-0.4, -0.2) is 68.2 Å². The monoisotopic (exact) mass is 498 g/mol. The lowest BCUT2D eigenvalue weighted by molar-refractivity contribution is 0.0687. The third kappa shape index (κ3) is 4.19. The maximum absolute atomic E-state index is 11.7. The summed E-state index contributed by atoms with van der Waals surface area (Å²) in [6.07, 6.45) is 3.45. The number of aryl methyl sites for hydroxylation is 2. The molecule has 9 heteroatoms. The van der Waals surface area contributed by atoms with E-state index in [-0.39, 0.29) is 12.3 Å². The number of hydrogen-bond acceptors (Lipinski definition) is 7. The van der Waals surface area contributed by atoms with E-state index in [1.807, 2.05) is 42.8 Å². The summed E-state index contributed by atoms with van der Waals surface area (Å²) in [5.74, 6) is 1.36. The van der Waals surface area contributed by atoms with E-state index in [0.717, 1.165) is 78.7 Å². The molecule has 1 fully saturated rings. The Kier molecular flexibility index (Phi) is 6.00. The molecule has 0 saturated carbocycles. The Morgan fingerprint density at radius 3 is 2.62 bits per heavy atom. The highest BCUT2D eigenvalue weighted by Gasteiger charge is 2.29. The van der Waals surface area contributed by atoms with Gasteiger partial charge in [-0.1, -0.05) is 25.1 Å². The van der Waals surface area contributed by atoms with Crippen LogP contribution in [0.5, 0.6) is 5.75 Å². The molecule has 0 bridgehead atoms. The Morgan fingerprint density at radius 2 is 1.84 bits per heavy atom. The van der Waals surface area contributed by atoms with Gasteiger partial charge in [-0.15, -0.1) is 0 Å². The maximum Gasteiger partial charge on any atom is 0.356 e. The maximum atomic E-state index is 11.7. The van der Waals surface area contributed by atoms with Crippen LogP contribution in [-0.2, 0) is 19.4 Å². The van der Waals surface area contributed by atoms with Crippen molar-refractivity contribution in [1.82, 2.24) is 24.4 Å². The van der Waals surface area contributed by atoms with Crippen LogP contribution in [0, 0.1) is 6.92 Å². The van der Waals surface area contributed by atoms with Gasteiger partial charge in [0, 0.05) is 56.4 Å². The molecule has 0 atom stereocenters. The first kappa shape index (κ1) is 23.4. The summed E-state index contributed by atoms with van der Waals surface area (Å²) in [6.45, 7) is 8.92. The number of benzene rings is 2. The number of anilines is 1. The SMILES string of the molecule is CCc1nc(C(=O)O)c2n1-c1cccc(CCN3CCN(c4cccc5nc(C)ncc45)CC3)c1OC2. The van der Waals surface area contributed by atoms with Crippen molar-refractivity contribution in [2.45, 2.75) is 33.3 Å². The van der Waals surface area contributed by atoms with Crippen molar-refractivity contribution in [2.75, 3.05) is 37.6 Å². The van der Waals surface area contributed by atoms with Gasteiger partial charge in [-0.2, -0.15) is 0 Å². The smallest absolute Gasteiger partial charge is 0.356 e. The average Bonchev–Trinajstić information content (AvgIpc) is 3.31. The van der Waals surface area contributed by atoms with E-state index >= 15 is 0 Å². The Hall–Kier alpha value is -3.98. The summed E-state index contributed by atoms with van der Waals surface area (Å²) in [5.41, 5.74) is 4.90. The van der Waals surface area contributed by atoms with Crippen molar-refractivity contribution >= 4 is 22.6 Å². The van der Waals surface area contributed by atoms with Gasteiger partial charge in [0.25, 0.3) is 0 Å². The first-order valence-corrected chi connectivity index (χ1v) is 12.8. The predicted octanol–water partition coefficient (Wildman–Crippen LogP) is 3.64. The van der Waals surface area contributed by atoms with Crippen molar-refractivity contribution in [2.24, 2.45) is 0 Å². The second-order valence-corrected chi connectivity index (χ2v) is 9.58. The fourth-order valence-electron chi connectivity index (χ4n) is 5.48. The zero-order valence-electron chi connectivity index (χ0n) is 21.1. The molecule has 4 aromatic rings. The molecule has 0 aliphatic carbocycles. The third-order valence-electron chi connectivity index (χ3n) is 7.36. The summed E-state index contributed by atoms with van der Waals surface area (Å²) < 4.78 is 8.10. The number of ether oxygens (including phenoxy) is 1. The van der Waals surface area contributed by atoms with E-state index in [1.165, 1.54) is 5.69 Å². The second kappa shape index (κ2) is 9.48. The number of carbonyl (C=O) groups is 1. The molecule has 4 heterocycles. The molecule has 2 aliphatic heterocycles. The van der Waals surface area contributed by atoms with Crippen LogP contribution in [0.3, 0.4) is 0 Å². The number of hydrogen-bond donors (Lipinski definition) is 1. The Morgan fingerprint density at radius 1 is 1.05 bits per heavy atom. The van der Waals surface area contributed by atoms with Crippen molar-refractivity contribution in [3.8, 4) is 11.4 Å². The lowest BCUT2D eigenvalue weighted by atomic mass is 10.1. The van der Waals surface area contributed by atoms with E-state index < -0.39 is 5.97 Å². The van der Waals surface area contributed by atoms with E-state index in [2.05, 4.69) is 43.0 Å². The van der Waals surface area contributed by atoms with Crippen LogP contribution in [0.15, 0.2) is 42.6 Å². The zero-order chi connectivity index (χ0) is 25.5. The number of fused-ring (bicyclic) bond motifs is 4. The van der Waals surface area contributed by atoms with Crippen molar-refractivity contribution in [1.29, 1.82) is 0 Å². The van der Waals surface area contributed by atoms with E-state index in [0.29, 0.717) is 12.1 Å². The first-order valence-electron chi connectivity index (χ1n) is 12.8. The normalized spacial score (nSPS) is 15.4. The fourth-order valence-corrected chi connectivity index (χ4v) is 5.48. The van der Waals surface area contributed by atoms with Gasteiger partial charge in [-0.3, -0.25) is 9.47 Å². The number of carboxylic acids is 1. The molecule has 9 nitrogen and oxygen atoms in total. The molecule has 0 radical (unpaired) electrons. The first-order chi connectivity index (χ1) is 18.0. The lowest BCUT2D eigenvalue weighted by Gasteiger charge is -2.36. The topological polar surface area (TPSA) is 96.6 Å². The molecule has 37 heavy (non-hydrogen) atoms. The van der Waals surface area contributed by atoms with Gasteiger partial charge < -0.3 is 14.7 Å². The molecule has 1 saturated heterocycles. The summed E-state index contributed by atoms with van der Waals surface area (Å²) in [5, 5.41) is 10.7.